The van der Waals surface area contributed by atoms with Gasteiger partial charge in [0.1, 0.15) is 0 Å². The van der Waals surface area contributed by atoms with E-state index in [1.54, 1.807) is 36.4 Å². The molecule has 0 radical (unpaired) electrons. The van der Waals surface area contributed by atoms with Crippen molar-refractivity contribution in [3.8, 4) is 0 Å². The maximum Gasteiger partial charge on any atom is 0.229 e. The average molecular weight is 415 g/mol. The summed E-state index contributed by atoms with van der Waals surface area (Å²) in [5, 5.41) is 11.5. The van der Waals surface area contributed by atoms with Crippen LogP contribution in [0.2, 0.25) is 10.0 Å². The van der Waals surface area contributed by atoms with Crippen LogP contribution in [0.15, 0.2) is 60.8 Å². The van der Waals surface area contributed by atoms with Crippen LogP contribution < -0.4 is 10.2 Å². The highest BCUT2D eigenvalue weighted by Gasteiger charge is 2.17. The molecule has 142 valence electrons. The summed E-state index contributed by atoms with van der Waals surface area (Å²) in [6.07, 6.45) is 1.41. The molecule has 8 heteroatoms. The van der Waals surface area contributed by atoms with Crippen LogP contribution in [-0.2, 0) is 16.0 Å². The Morgan fingerprint density at radius 1 is 1.04 bits per heavy atom. The standard InChI is InChI=1S/C20H16Cl2N4O2/c1-13(27)26(15-6-3-2-4-7-15)19-10-14(12-23-25-19)24-20(28)11-16-17(21)8-5-9-18(16)22/h2-10,12H,11H2,1H3,(H,24,25,28). The molecule has 0 aliphatic rings. The number of para-hydroxylation sites is 1. The van der Waals surface area contributed by atoms with E-state index in [1.165, 1.54) is 18.0 Å². The molecule has 0 aliphatic carbocycles. The highest BCUT2D eigenvalue weighted by molar-refractivity contribution is 6.36. The third-order valence-corrected chi connectivity index (χ3v) is 4.59. The lowest BCUT2D eigenvalue weighted by atomic mass is 10.1. The molecule has 0 unspecified atom stereocenters. The molecule has 0 bridgehead atoms. The van der Waals surface area contributed by atoms with Crippen LogP contribution in [0.25, 0.3) is 0 Å². The number of carbonyl (C=O) groups is 2. The van der Waals surface area contributed by atoms with Crippen molar-refractivity contribution in [1.82, 2.24) is 10.2 Å². The van der Waals surface area contributed by atoms with E-state index in [9.17, 15) is 9.59 Å². The van der Waals surface area contributed by atoms with E-state index in [4.69, 9.17) is 23.2 Å². The molecule has 1 heterocycles. The monoisotopic (exact) mass is 414 g/mol. The van der Waals surface area contributed by atoms with Crippen molar-refractivity contribution in [2.45, 2.75) is 13.3 Å². The minimum absolute atomic E-state index is 0.00523. The fourth-order valence-electron chi connectivity index (χ4n) is 2.65. The Morgan fingerprint density at radius 3 is 2.36 bits per heavy atom. The van der Waals surface area contributed by atoms with Gasteiger partial charge >= 0.3 is 0 Å². The summed E-state index contributed by atoms with van der Waals surface area (Å²) in [5.74, 6) is -0.248. The molecule has 2 aromatic carbocycles. The molecule has 0 fully saturated rings. The van der Waals surface area contributed by atoms with Crippen molar-refractivity contribution in [3.05, 3.63) is 76.4 Å². The number of amides is 2. The first kappa shape index (κ1) is 19.8. The number of carbonyl (C=O) groups excluding carboxylic acids is 2. The summed E-state index contributed by atoms with van der Waals surface area (Å²) in [5.41, 5.74) is 1.59. The molecule has 0 saturated heterocycles. The summed E-state index contributed by atoms with van der Waals surface area (Å²) < 4.78 is 0. The smallest absolute Gasteiger partial charge is 0.229 e. The molecule has 3 rings (SSSR count). The van der Waals surface area contributed by atoms with Crippen molar-refractivity contribution in [2.75, 3.05) is 10.2 Å². The summed E-state index contributed by atoms with van der Waals surface area (Å²) in [7, 11) is 0. The van der Waals surface area contributed by atoms with E-state index in [-0.39, 0.29) is 18.2 Å². The van der Waals surface area contributed by atoms with Crippen LogP contribution in [0.1, 0.15) is 12.5 Å². The number of hydrogen-bond acceptors (Lipinski definition) is 4. The quantitative estimate of drug-likeness (QED) is 0.658. The molecular formula is C20H16Cl2N4O2. The lowest BCUT2D eigenvalue weighted by Crippen LogP contribution is -2.24. The molecule has 6 nitrogen and oxygen atoms in total. The van der Waals surface area contributed by atoms with E-state index in [0.717, 1.165) is 0 Å². The van der Waals surface area contributed by atoms with E-state index in [0.29, 0.717) is 32.8 Å². The number of nitrogens with one attached hydrogen (secondary N) is 1. The molecule has 0 spiro atoms. The van der Waals surface area contributed by atoms with Crippen molar-refractivity contribution < 1.29 is 9.59 Å². The fraction of sp³-hybridized carbons (Fsp3) is 0.100. The van der Waals surface area contributed by atoms with Gasteiger partial charge in [0.25, 0.3) is 0 Å². The van der Waals surface area contributed by atoms with Gasteiger partial charge in [0.15, 0.2) is 5.82 Å². The molecule has 0 atom stereocenters. The van der Waals surface area contributed by atoms with Crippen LogP contribution in [0.3, 0.4) is 0 Å². The van der Waals surface area contributed by atoms with Crippen LogP contribution in [0.5, 0.6) is 0 Å². The van der Waals surface area contributed by atoms with Crippen LogP contribution in [-0.4, -0.2) is 22.0 Å². The highest BCUT2D eigenvalue weighted by atomic mass is 35.5. The maximum atomic E-state index is 12.4. The first-order valence-electron chi connectivity index (χ1n) is 8.37. The normalized spacial score (nSPS) is 10.4. The Bertz CT molecular complexity index is 992. The number of nitrogens with zero attached hydrogens (tertiary/aromatic N) is 3. The zero-order chi connectivity index (χ0) is 20.1. The Balaban J connectivity index is 1.81. The summed E-state index contributed by atoms with van der Waals surface area (Å²) in [4.78, 5) is 26.0. The summed E-state index contributed by atoms with van der Waals surface area (Å²) in [6.45, 7) is 1.43. The minimum Gasteiger partial charge on any atom is -0.324 e. The van der Waals surface area contributed by atoms with Crippen LogP contribution >= 0.6 is 23.2 Å². The van der Waals surface area contributed by atoms with Gasteiger partial charge in [0.05, 0.1) is 24.0 Å². The van der Waals surface area contributed by atoms with Gasteiger partial charge in [0, 0.05) is 23.0 Å². The zero-order valence-electron chi connectivity index (χ0n) is 14.9. The Morgan fingerprint density at radius 2 is 1.71 bits per heavy atom. The Labute approximate surface area is 172 Å². The second kappa shape index (κ2) is 8.82. The van der Waals surface area contributed by atoms with Gasteiger partial charge in [-0.1, -0.05) is 47.5 Å². The molecule has 0 aliphatic heterocycles. The van der Waals surface area contributed by atoms with Crippen molar-refractivity contribution in [3.63, 3.8) is 0 Å². The SMILES string of the molecule is CC(=O)N(c1ccccc1)c1cc(NC(=O)Cc2c(Cl)cccc2Cl)cnn1. The van der Waals surface area contributed by atoms with Crippen molar-refractivity contribution in [1.29, 1.82) is 0 Å². The number of anilines is 3. The number of aromatic nitrogens is 2. The van der Waals surface area contributed by atoms with Crippen molar-refractivity contribution >= 4 is 52.2 Å². The Kier molecular flexibility index (Phi) is 6.23. The third-order valence-electron chi connectivity index (χ3n) is 3.88. The molecule has 1 N–H and O–H groups in total. The number of halogens is 2. The van der Waals surface area contributed by atoms with Gasteiger partial charge in [-0.3, -0.25) is 14.5 Å². The van der Waals surface area contributed by atoms with Crippen molar-refractivity contribution in [2.24, 2.45) is 0 Å². The lowest BCUT2D eigenvalue weighted by molar-refractivity contribution is -0.116. The predicted molar refractivity (Wildman–Crippen MR) is 110 cm³/mol. The predicted octanol–water partition coefficient (Wildman–Crippen LogP) is 4.65. The average Bonchev–Trinajstić information content (AvgIpc) is 2.66. The van der Waals surface area contributed by atoms with Gasteiger partial charge in [-0.05, 0) is 29.8 Å². The highest BCUT2D eigenvalue weighted by Crippen LogP contribution is 2.26. The minimum atomic E-state index is -0.317. The molecule has 28 heavy (non-hydrogen) atoms. The molecular weight excluding hydrogens is 399 g/mol. The molecule has 3 aromatic rings. The fourth-order valence-corrected chi connectivity index (χ4v) is 3.18. The number of rotatable bonds is 5. The third kappa shape index (κ3) is 4.65. The number of benzene rings is 2. The first-order chi connectivity index (χ1) is 13.5. The van der Waals surface area contributed by atoms with E-state index >= 15 is 0 Å². The van der Waals surface area contributed by atoms with E-state index < -0.39 is 0 Å². The second-order valence-electron chi connectivity index (χ2n) is 5.92. The topological polar surface area (TPSA) is 75.2 Å². The molecule has 0 saturated carbocycles. The van der Waals surface area contributed by atoms with Gasteiger partial charge in [-0.25, -0.2) is 0 Å². The Hall–Kier alpha value is -2.96. The number of hydrogen-bond donors (Lipinski definition) is 1. The largest absolute Gasteiger partial charge is 0.324 e. The van der Waals surface area contributed by atoms with E-state index in [2.05, 4.69) is 15.5 Å². The van der Waals surface area contributed by atoms with Gasteiger partial charge < -0.3 is 5.32 Å². The molecule has 1 aromatic heterocycles. The van der Waals surface area contributed by atoms with Crippen LogP contribution in [0.4, 0.5) is 17.2 Å². The van der Waals surface area contributed by atoms with Gasteiger partial charge in [-0.15, -0.1) is 5.10 Å². The zero-order valence-corrected chi connectivity index (χ0v) is 16.4. The lowest BCUT2D eigenvalue weighted by Gasteiger charge is -2.20. The van der Waals surface area contributed by atoms with E-state index in [1.807, 2.05) is 18.2 Å². The second-order valence-corrected chi connectivity index (χ2v) is 6.73. The van der Waals surface area contributed by atoms with Gasteiger partial charge in [0.2, 0.25) is 11.8 Å². The van der Waals surface area contributed by atoms with Gasteiger partial charge in [-0.2, -0.15) is 5.10 Å². The molecule has 2 amide bonds. The maximum absolute atomic E-state index is 12.4. The van der Waals surface area contributed by atoms with Crippen LogP contribution in [0, 0.1) is 0 Å². The first-order valence-corrected chi connectivity index (χ1v) is 9.12. The summed E-state index contributed by atoms with van der Waals surface area (Å²) in [6, 6.07) is 15.7. The summed E-state index contributed by atoms with van der Waals surface area (Å²) >= 11 is 12.2.